The molecule has 0 aliphatic rings. The fraction of sp³-hybridized carbons (Fsp3) is 0.0278. The highest BCUT2D eigenvalue weighted by molar-refractivity contribution is 6.33. The molecule has 11 aromatic carbocycles. The average molecular weight is 999 g/mol. The van der Waals surface area contributed by atoms with Gasteiger partial charge in [-0.15, -0.1) is 0 Å². The molecule has 17 aromatic rings. The fourth-order valence-corrected chi connectivity index (χ4v) is 13.2. The zero-order valence-corrected chi connectivity index (χ0v) is 42.7. The van der Waals surface area contributed by atoms with E-state index < -0.39 is 0 Å². The summed E-state index contributed by atoms with van der Waals surface area (Å²) in [6.45, 7) is 4.31. The van der Waals surface area contributed by atoms with Crippen LogP contribution in [-0.4, -0.2) is 8.80 Å². The van der Waals surface area contributed by atoms with E-state index >= 15 is 0 Å². The molecule has 0 N–H and O–H groups in total. The van der Waals surface area contributed by atoms with Crippen LogP contribution < -0.4 is 9.80 Å². The molecule has 0 unspecified atom stereocenters. The van der Waals surface area contributed by atoms with Crippen molar-refractivity contribution in [3.63, 3.8) is 0 Å². The van der Waals surface area contributed by atoms with Crippen molar-refractivity contribution in [1.82, 2.24) is 8.80 Å². The number of fused-ring (bicyclic) bond motifs is 14. The van der Waals surface area contributed by atoms with Crippen LogP contribution in [-0.2, 0) is 0 Å². The molecule has 366 valence electrons. The van der Waals surface area contributed by atoms with E-state index in [4.69, 9.17) is 8.83 Å². The Balaban J connectivity index is 0.957. The van der Waals surface area contributed by atoms with Crippen LogP contribution >= 0.6 is 0 Å². The second kappa shape index (κ2) is 16.1. The van der Waals surface area contributed by atoms with Gasteiger partial charge in [0.05, 0.1) is 68.4 Å². The number of hydrogen-bond acceptors (Lipinski definition) is 4. The van der Waals surface area contributed by atoms with E-state index in [9.17, 15) is 0 Å². The minimum atomic E-state index is 0.845. The summed E-state index contributed by atoms with van der Waals surface area (Å²) < 4.78 is 17.4. The smallest absolute Gasteiger partial charge is 0.136 e. The highest BCUT2D eigenvalue weighted by Gasteiger charge is 2.31. The first-order valence-electron chi connectivity index (χ1n) is 26.7. The third kappa shape index (κ3) is 5.91. The Kier molecular flexibility index (Phi) is 8.88. The maximum absolute atomic E-state index is 6.19. The highest BCUT2D eigenvalue weighted by atomic mass is 16.3. The van der Waals surface area contributed by atoms with Crippen LogP contribution in [0, 0.1) is 13.8 Å². The van der Waals surface area contributed by atoms with Gasteiger partial charge in [0.15, 0.2) is 0 Å². The molecule has 6 heteroatoms. The lowest BCUT2D eigenvalue weighted by Gasteiger charge is -2.29. The highest BCUT2D eigenvalue weighted by Crippen LogP contribution is 2.54. The van der Waals surface area contributed by atoms with Crippen LogP contribution in [0.2, 0.25) is 0 Å². The maximum Gasteiger partial charge on any atom is 0.136 e. The molecule has 0 spiro atoms. The lowest BCUT2D eigenvalue weighted by molar-refractivity contribution is 0.615. The third-order valence-corrected chi connectivity index (χ3v) is 16.7. The van der Waals surface area contributed by atoms with Crippen molar-refractivity contribution in [2.24, 2.45) is 0 Å². The van der Waals surface area contributed by atoms with Gasteiger partial charge in [0.1, 0.15) is 11.2 Å². The molecule has 6 nitrogen and oxygen atoms in total. The van der Waals surface area contributed by atoms with Crippen LogP contribution in [0.3, 0.4) is 0 Å². The molecule has 0 radical (unpaired) electrons. The topological polar surface area (TPSA) is 41.6 Å². The molecule has 17 rings (SSSR count). The van der Waals surface area contributed by atoms with Crippen molar-refractivity contribution in [2.45, 2.75) is 13.8 Å². The molecule has 0 saturated carbocycles. The van der Waals surface area contributed by atoms with E-state index in [2.05, 4.69) is 263 Å². The molecule has 6 heterocycles. The van der Waals surface area contributed by atoms with Crippen molar-refractivity contribution in [2.75, 3.05) is 9.80 Å². The second-order valence-corrected chi connectivity index (χ2v) is 21.0. The Hall–Kier alpha value is -10.3. The summed E-state index contributed by atoms with van der Waals surface area (Å²) in [5.41, 5.74) is 22.3. The zero-order valence-electron chi connectivity index (χ0n) is 42.7. The fourth-order valence-electron chi connectivity index (χ4n) is 13.2. The van der Waals surface area contributed by atoms with E-state index in [0.717, 1.165) is 78.3 Å². The second-order valence-electron chi connectivity index (χ2n) is 21.0. The lowest BCUT2D eigenvalue weighted by Crippen LogP contribution is -2.12. The van der Waals surface area contributed by atoms with Gasteiger partial charge in [-0.1, -0.05) is 145 Å². The predicted octanol–water partition coefficient (Wildman–Crippen LogP) is 20.4. The van der Waals surface area contributed by atoms with E-state index in [1.807, 2.05) is 12.5 Å². The number of aromatic nitrogens is 2. The first kappa shape index (κ1) is 43.0. The summed E-state index contributed by atoms with van der Waals surface area (Å²) >= 11 is 0. The van der Waals surface area contributed by atoms with Crippen molar-refractivity contribution < 1.29 is 8.83 Å². The number of furan rings is 2. The number of benzene rings is 11. The van der Waals surface area contributed by atoms with E-state index in [-0.39, 0.29) is 0 Å². The van der Waals surface area contributed by atoms with Gasteiger partial charge in [-0.25, -0.2) is 0 Å². The van der Waals surface area contributed by atoms with Gasteiger partial charge in [0.2, 0.25) is 0 Å². The van der Waals surface area contributed by atoms with Crippen molar-refractivity contribution in [1.29, 1.82) is 0 Å². The molecule has 6 aromatic heterocycles. The quantitative estimate of drug-likeness (QED) is 0.152. The van der Waals surface area contributed by atoms with Gasteiger partial charge >= 0.3 is 0 Å². The Morgan fingerprint density at radius 3 is 1.17 bits per heavy atom. The summed E-state index contributed by atoms with van der Waals surface area (Å²) in [4.78, 5) is 4.95. The molecule has 78 heavy (non-hydrogen) atoms. The molecule has 0 aliphatic carbocycles. The van der Waals surface area contributed by atoms with Gasteiger partial charge in [-0.3, -0.25) is 0 Å². The number of rotatable bonds is 8. The first-order valence-corrected chi connectivity index (χ1v) is 26.7. The van der Waals surface area contributed by atoms with E-state index in [0.29, 0.717) is 0 Å². The summed E-state index contributed by atoms with van der Waals surface area (Å²) in [6, 6.07) is 84.6. The Bertz CT molecular complexity index is 4890. The molecule has 0 saturated heterocycles. The summed E-state index contributed by atoms with van der Waals surface area (Å²) in [6.07, 6.45) is 3.63. The molecule has 0 amide bonds. The monoisotopic (exact) mass is 998 g/mol. The molecular formula is C72H46N4O2. The summed E-state index contributed by atoms with van der Waals surface area (Å²) in [7, 11) is 0. The third-order valence-electron chi connectivity index (χ3n) is 16.7. The number of anilines is 6. The van der Waals surface area contributed by atoms with Crippen LogP contribution in [0.1, 0.15) is 11.1 Å². The number of hydrogen-bond donors (Lipinski definition) is 0. The van der Waals surface area contributed by atoms with Gasteiger partial charge in [-0.05, 0) is 122 Å². The van der Waals surface area contributed by atoms with Crippen molar-refractivity contribution in [3.05, 3.63) is 254 Å². The normalized spacial score (nSPS) is 12.2. The van der Waals surface area contributed by atoms with Crippen molar-refractivity contribution in [3.8, 4) is 22.3 Å². The Labute approximate surface area is 447 Å². The van der Waals surface area contributed by atoms with Crippen LogP contribution in [0.5, 0.6) is 0 Å². The van der Waals surface area contributed by atoms with Gasteiger partial charge in [0, 0.05) is 76.4 Å². The molecule has 0 fully saturated rings. The summed E-state index contributed by atoms with van der Waals surface area (Å²) in [5.74, 6) is 0. The number of para-hydroxylation sites is 2. The first-order chi connectivity index (χ1) is 38.6. The Morgan fingerprint density at radius 2 is 0.731 bits per heavy atom. The van der Waals surface area contributed by atoms with Gasteiger partial charge < -0.3 is 27.4 Å². The molecule has 0 aliphatic heterocycles. The van der Waals surface area contributed by atoms with Crippen LogP contribution in [0.4, 0.5) is 34.1 Å². The molecular weight excluding hydrogens is 953 g/mol. The zero-order chi connectivity index (χ0) is 51.3. The van der Waals surface area contributed by atoms with Crippen LogP contribution in [0.25, 0.3) is 120 Å². The van der Waals surface area contributed by atoms with Crippen molar-refractivity contribution >= 4 is 132 Å². The van der Waals surface area contributed by atoms with Crippen LogP contribution in [0.15, 0.2) is 252 Å². The minimum Gasteiger partial charge on any atom is -0.464 e. The van der Waals surface area contributed by atoms with Gasteiger partial charge in [-0.2, -0.15) is 0 Å². The van der Waals surface area contributed by atoms with Gasteiger partial charge in [0.25, 0.3) is 0 Å². The predicted molar refractivity (Wildman–Crippen MR) is 325 cm³/mol. The van der Waals surface area contributed by atoms with E-state index in [1.54, 1.807) is 0 Å². The maximum atomic E-state index is 6.19. The summed E-state index contributed by atoms with van der Waals surface area (Å²) in [5, 5.41) is 11.8. The average Bonchev–Trinajstić information content (AvgIpc) is 3.11. The standard InChI is InChI=1S/C72H46N4O2/c1-43-21-25-47(26-22-43)73(69-49(45-13-5-3-6-14-45)31-35-65-55(69)37-39-77-65)61-33-29-51-57-41-64-58(42-63(57)75-59-19-11-9-17-53(59)67(61)71(51)75)52-30-34-62(68-54-18-10-12-20-60(54)76(64)72(52)68)74(48-27-23-44(2)24-28-48)70-50(46-15-7-4-8-16-46)32-36-66-56(70)38-40-78-66/h3-42H,1-2H3. The molecule has 0 atom stereocenters. The lowest BCUT2D eigenvalue weighted by atomic mass is 9.97. The van der Waals surface area contributed by atoms with E-state index in [1.165, 1.54) is 87.3 Å². The minimum absolute atomic E-state index is 0.845. The number of aryl methyl sites for hydroxylation is 2. The number of nitrogens with zero attached hydrogens (tertiary/aromatic N) is 4. The Morgan fingerprint density at radius 1 is 0.321 bits per heavy atom. The SMILES string of the molecule is Cc1ccc(N(c2c(-c3ccccc3)ccc3occc23)c2ccc3c4cc5c(cc4n4c6ccccc6c2c34)c2ccc(N(c3ccc(C)cc3)c3c(-c4ccccc4)ccc4occc34)c3c4ccccc4n5c23)cc1. The largest absolute Gasteiger partial charge is 0.464 e. The molecule has 0 bridgehead atoms.